The Balaban J connectivity index is 2.11. The highest BCUT2D eigenvalue weighted by molar-refractivity contribution is 4.93. The number of tetrazole rings is 1. The molecule has 2 N–H and O–H groups in total. The molecule has 1 fully saturated rings. The van der Waals surface area contributed by atoms with Gasteiger partial charge in [-0.15, -0.1) is 10.2 Å². The molecule has 1 atom stereocenters. The molecule has 0 radical (unpaired) electrons. The van der Waals surface area contributed by atoms with Crippen LogP contribution < -0.4 is 5.32 Å². The number of rotatable bonds is 1. The van der Waals surface area contributed by atoms with Gasteiger partial charge in [-0.2, -0.15) is 5.21 Å². The molecule has 2 heterocycles. The van der Waals surface area contributed by atoms with E-state index in [1.165, 1.54) is 0 Å². The Labute approximate surface area is 70.3 Å². The van der Waals surface area contributed by atoms with Gasteiger partial charge in [-0.1, -0.05) is 5.21 Å². The number of nitrogens with one attached hydrogen (secondary N) is 2. The molecule has 2 rings (SSSR count). The van der Waals surface area contributed by atoms with E-state index in [1.54, 1.807) is 0 Å². The van der Waals surface area contributed by atoms with Crippen molar-refractivity contribution in [3.05, 3.63) is 5.82 Å². The topological polar surface area (TPSA) is 69.7 Å². The van der Waals surface area contributed by atoms with E-state index in [4.69, 9.17) is 0 Å². The van der Waals surface area contributed by atoms with Crippen molar-refractivity contribution in [3.8, 4) is 0 Å². The Morgan fingerprint density at radius 2 is 2.50 bits per heavy atom. The summed E-state index contributed by atoms with van der Waals surface area (Å²) >= 11 is 0. The van der Waals surface area contributed by atoms with E-state index in [9.17, 15) is 0 Å². The molecule has 1 aromatic rings. The zero-order chi connectivity index (χ0) is 8.39. The smallest absolute Gasteiger partial charge is 0.192 e. The molecule has 0 amide bonds. The Bertz CT molecular complexity index is 232. The third-order valence-corrected chi connectivity index (χ3v) is 2.17. The minimum Gasteiger partial charge on any atom is -0.313 e. The third-order valence-electron chi connectivity index (χ3n) is 2.17. The van der Waals surface area contributed by atoms with Crippen LogP contribution >= 0.6 is 0 Å². The summed E-state index contributed by atoms with van der Waals surface area (Å²) in [4.78, 5) is 2.22. The molecule has 0 bridgehead atoms. The highest BCUT2D eigenvalue weighted by atomic mass is 15.5. The Morgan fingerprint density at radius 1 is 1.58 bits per heavy atom. The predicted octanol–water partition coefficient (Wildman–Crippen LogP) is -1.22. The molecule has 12 heavy (non-hydrogen) atoms. The van der Waals surface area contributed by atoms with Gasteiger partial charge < -0.3 is 5.32 Å². The van der Waals surface area contributed by atoms with Gasteiger partial charge in [-0.3, -0.25) is 4.90 Å². The highest BCUT2D eigenvalue weighted by Crippen LogP contribution is 2.14. The lowest BCUT2D eigenvalue weighted by Gasteiger charge is -2.30. The van der Waals surface area contributed by atoms with Gasteiger partial charge in [0.2, 0.25) is 0 Å². The van der Waals surface area contributed by atoms with Crippen LogP contribution in [0, 0.1) is 0 Å². The summed E-state index contributed by atoms with van der Waals surface area (Å²) < 4.78 is 0. The molecule has 1 saturated heterocycles. The van der Waals surface area contributed by atoms with Crippen molar-refractivity contribution in [2.75, 3.05) is 26.7 Å². The SMILES string of the molecule is CN1CCNCC1c1nn[nH]n1. The first-order chi connectivity index (χ1) is 5.88. The van der Waals surface area contributed by atoms with Crippen LogP contribution in [0.3, 0.4) is 0 Å². The average molecular weight is 168 g/mol. The fourth-order valence-corrected chi connectivity index (χ4v) is 1.40. The monoisotopic (exact) mass is 168 g/mol. The number of likely N-dealkylation sites (N-methyl/N-ethyl adjacent to an activating group) is 1. The molecule has 6 nitrogen and oxygen atoms in total. The summed E-state index contributed by atoms with van der Waals surface area (Å²) in [6.07, 6.45) is 0. The zero-order valence-corrected chi connectivity index (χ0v) is 6.99. The average Bonchev–Trinajstić information content (AvgIpc) is 2.57. The van der Waals surface area contributed by atoms with Crippen LogP contribution in [0.15, 0.2) is 0 Å². The first-order valence-corrected chi connectivity index (χ1v) is 4.02. The van der Waals surface area contributed by atoms with Crippen LogP contribution in [0.5, 0.6) is 0 Å². The molecule has 6 heteroatoms. The fourth-order valence-electron chi connectivity index (χ4n) is 1.40. The van der Waals surface area contributed by atoms with Crippen molar-refractivity contribution in [1.82, 2.24) is 30.8 Å². The van der Waals surface area contributed by atoms with E-state index >= 15 is 0 Å². The Kier molecular flexibility index (Phi) is 2.01. The van der Waals surface area contributed by atoms with Crippen LogP contribution in [0.1, 0.15) is 11.9 Å². The number of hydrogen-bond acceptors (Lipinski definition) is 5. The maximum absolute atomic E-state index is 3.96. The van der Waals surface area contributed by atoms with Crippen LogP contribution in [0.2, 0.25) is 0 Å². The summed E-state index contributed by atoms with van der Waals surface area (Å²) in [5.41, 5.74) is 0. The largest absolute Gasteiger partial charge is 0.313 e. The third kappa shape index (κ3) is 1.30. The summed E-state index contributed by atoms with van der Waals surface area (Å²) in [6, 6.07) is 0.262. The number of H-pyrrole nitrogens is 1. The number of piperazine rings is 1. The van der Waals surface area contributed by atoms with Gasteiger partial charge in [0.25, 0.3) is 0 Å². The second kappa shape index (κ2) is 3.16. The van der Waals surface area contributed by atoms with Crippen molar-refractivity contribution in [1.29, 1.82) is 0 Å². The zero-order valence-electron chi connectivity index (χ0n) is 6.99. The molecule has 1 aliphatic heterocycles. The second-order valence-corrected chi connectivity index (χ2v) is 2.97. The lowest BCUT2D eigenvalue weighted by atomic mass is 10.2. The molecular weight excluding hydrogens is 156 g/mol. The fraction of sp³-hybridized carbons (Fsp3) is 0.833. The van der Waals surface area contributed by atoms with E-state index in [0.29, 0.717) is 0 Å². The normalized spacial score (nSPS) is 25.9. The molecule has 66 valence electrons. The molecule has 1 aromatic heterocycles. The second-order valence-electron chi connectivity index (χ2n) is 2.97. The van der Waals surface area contributed by atoms with E-state index in [1.807, 2.05) is 0 Å². The van der Waals surface area contributed by atoms with Crippen molar-refractivity contribution in [2.24, 2.45) is 0 Å². The minimum atomic E-state index is 0.262. The van der Waals surface area contributed by atoms with Gasteiger partial charge in [-0.25, -0.2) is 0 Å². The Morgan fingerprint density at radius 3 is 3.17 bits per heavy atom. The quantitative estimate of drug-likeness (QED) is 0.550. The number of nitrogens with zero attached hydrogens (tertiary/aromatic N) is 4. The summed E-state index contributed by atoms with van der Waals surface area (Å²) in [7, 11) is 2.07. The summed E-state index contributed by atoms with van der Waals surface area (Å²) in [5.74, 6) is 0.768. The molecule has 1 unspecified atom stereocenters. The van der Waals surface area contributed by atoms with Gasteiger partial charge in [-0.05, 0) is 7.05 Å². The van der Waals surface area contributed by atoms with Crippen molar-refractivity contribution in [3.63, 3.8) is 0 Å². The van der Waals surface area contributed by atoms with E-state index in [-0.39, 0.29) is 6.04 Å². The lowest BCUT2D eigenvalue weighted by molar-refractivity contribution is 0.194. The van der Waals surface area contributed by atoms with Gasteiger partial charge in [0, 0.05) is 19.6 Å². The standard InChI is InChI=1S/C6H12N6/c1-12-3-2-7-4-5(12)6-8-10-11-9-6/h5,7H,2-4H2,1H3,(H,8,9,10,11). The predicted molar refractivity (Wildman–Crippen MR) is 42.4 cm³/mol. The molecule has 0 aliphatic carbocycles. The van der Waals surface area contributed by atoms with Crippen LogP contribution in [0.25, 0.3) is 0 Å². The number of hydrogen-bond donors (Lipinski definition) is 2. The molecular formula is C6H12N6. The first kappa shape index (κ1) is 7.63. The number of aromatic nitrogens is 4. The van der Waals surface area contributed by atoms with Gasteiger partial charge in [0.15, 0.2) is 5.82 Å². The van der Waals surface area contributed by atoms with Gasteiger partial charge in [0.1, 0.15) is 0 Å². The summed E-state index contributed by atoms with van der Waals surface area (Å²) in [6.45, 7) is 2.96. The van der Waals surface area contributed by atoms with Gasteiger partial charge in [0.05, 0.1) is 6.04 Å². The maximum Gasteiger partial charge on any atom is 0.192 e. The van der Waals surface area contributed by atoms with Crippen LogP contribution in [-0.2, 0) is 0 Å². The van der Waals surface area contributed by atoms with Crippen molar-refractivity contribution < 1.29 is 0 Å². The lowest BCUT2D eigenvalue weighted by Crippen LogP contribution is -2.44. The Hall–Kier alpha value is -1.01. The molecule has 1 aliphatic rings. The first-order valence-electron chi connectivity index (χ1n) is 4.02. The molecule has 0 spiro atoms. The summed E-state index contributed by atoms with van der Waals surface area (Å²) in [5, 5.41) is 17.2. The van der Waals surface area contributed by atoms with Crippen molar-refractivity contribution in [2.45, 2.75) is 6.04 Å². The maximum atomic E-state index is 3.96. The number of aromatic amines is 1. The van der Waals surface area contributed by atoms with E-state index in [2.05, 4.69) is 37.9 Å². The van der Waals surface area contributed by atoms with E-state index < -0.39 is 0 Å². The van der Waals surface area contributed by atoms with Crippen LogP contribution in [0.4, 0.5) is 0 Å². The van der Waals surface area contributed by atoms with Crippen LogP contribution in [-0.4, -0.2) is 52.2 Å². The van der Waals surface area contributed by atoms with E-state index in [0.717, 1.165) is 25.5 Å². The molecule has 0 saturated carbocycles. The molecule has 0 aromatic carbocycles. The highest BCUT2D eigenvalue weighted by Gasteiger charge is 2.23. The van der Waals surface area contributed by atoms with Gasteiger partial charge >= 0.3 is 0 Å². The minimum absolute atomic E-state index is 0.262. The van der Waals surface area contributed by atoms with Crippen molar-refractivity contribution >= 4 is 0 Å².